The van der Waals surface area contributed by atoms with E-state index >= 15 is 0 Å². The lowest BCUT2D eigenvalue weighted by atomic mass is 10.2. The summed E-state index contributed by atoms with van der Waals surface area (Å²) in [6.45, 7) is 2.31. The predicted molar refractivity (Wildman–Crippen MR) is 71.2 cm³/mol. The Morgan fingerprint density at radius 2 is 2.22 bits per heavy atom. The molecule has 0 spiro atoms. The Hall–Kier alpha value is -0.920. The lowest BCUT2D eigenvalue weighted by molar-refractivity contribution is -0.137. The van der Waals surface area contributed by atoms with E-state index in [1.54, 1.807) is 0 Å². The third-order valence-corrected chi connectivity index (χ3v) is 4.85. The van der Waals surface area contributed by atoms with E-state index in [1.807, 2.05) is 18.4 Å². The van der Waals surface area contributed by atoms with Crippen molar-refractivity contribution in [1.82, 2.24) is 4.72 Å². The van der Waals surface area contributed by atoms with Gasteiger partial charge >= 0.3 is 5.97 Å². The van der Waals surface area contributed by atoms with Crippen LogP contribution in [0.25, 0.3) is 0 Å². The van der Waals surface area contributed by atoms with Crippen LogP contribution in [-0.4, -0.2) is 25.2 Å². The topological polar surface area (TPSA) is 83.5 Å². The zero-order valence-corrected chi connectivity index (χ0v) is 11.8. The number of carboxylic acids is 1. The average Bonchev–Trinajstić information content (AvgIpc) is 2.73. The molecule has 0 unspecified atom stereocenters. The van der Waals surface area contributed by atoms with Crippen molar-refractivity contribution >= 4 is 27.3 Å². The normalized spacial score (nSPS) is 11.6. The molecule has 0 radical (unpaired) electrons. The molecule has 1 heterocycles. The first-order valence-corrected chi connectivity index (χ1v) is 8.22. The molecule has 0 aliphatic carbocycles. The van der Waals surface area contributed by atoms with E-state index in [-0.39, 0.29) is 25.1 Å². The van der Waals surface area contributed by atoms with Crippen LogP contribution in [-0.2, 0) is 27.8 Å². The fourth-order valence-electron chi connectivity index (χ4n) is 1.50. The molecule has 2 N–H and O–H groups in total. The summed E-state index contributed by atoms with van der Waals surface area (Å²) in [7, 11) is -3.38. The number of thiophene rings is 1. The van der Waals surface area contributed by atoms with Gasteiger partial charge in [-0.25, -0.2) is 13.1 Å². The molecule has 0 aromatic carbocycles. The van der Waals surface area contributed by atoms with Gasteiger partial charge in [-0.3, -0.25) is 4.79 Å². The van der Waals surface area contributed by atoms with Crippen molar-refractivity contribution in [1.29, 1.82) is 0 Å². The number of hydrogen-bond donors (Lipinski definition) is 2. The third-order valence-electron chi connectivity index (χ3n) is 2.47. The highest BCUT2D eigenvalue weighted by molar-refractivity contribution is 7.89. The second-order valence-corrected chi connectivity index (χ2v) is 6.79. The highest BCUT2D eigenvalue weighted by atomic mass is 32.2. The minimum Gasteiger partial charge on any atom is -0.481 e. The van der Waals surface area contributed by atoms with Crippen molar-refractivity contribution < 1.29 is 18.3 Å². The monoisotopic (exact) mass is 291 g/mol. The van der Waals surface area contributed by atoms with Crippen LogP contribution in [0, 0.1) is 0 Å². The van der Waals surface area contributed by atoms with Gasteiger partial charge in [0.15, 0.2) is 0 Å². The molecule has 102 valence electrons. The standard InChI is InChI=1S/C11H17NO4S2/c1-2-9-5-6-17-10(9)8-12-18(15,16)7-3-4-11(13)14/h5-6,12H,2-4,7-8H2,1H3,(H,13,14). The molecule has 0 amide bonds. The van der Waals surface area contributed by atoms with Gasteiger partial charge in [-0.2, -0.15) is 0 Å². The van der Waals surface area contributed by atoms with E-state index in [0.717, 1.165) is 16.9 Å². The zero-order valence-electron chi connectivity index (χ0n) is 10.2. The maximum atomic E-state index is 11.6. The molecule has 1 aromatic heterocycles. The number of aliphatic carboxylic acids is 1. The number of carbonyl (C=O) groups is 1. The Kier molecular flexibility index (Phi) is 5.77. The predicted octanol–water partition coefficient (Wildman–Crippen LogP) is 1.59. The second kappa shape index (κ2) is 6.86. The van der Waals surface area contributed by atoms with E-state index in [4.69, 9.17) is 5.11 Å². The Bertz CT molecular complexity index is 493. The first-order valence-electron chi connectivity index (χ1n) is 5.69. The number of carboxylic acid groups (broad SMARTS) is 1. The van der Waals surface area contributed by atoms with Crippen molar-refractivity contribution in [2.24, 2.45) is 0 Å². The smallest absolute Gasteiger partial charge is 0.303 e. The summed E-state index contributed by atoms with van der Waals surface area (Å²) >= 11 is 1.52. The summed E-state index contributed by atoms with van der Waals surface area (Å²) in [6, 6.07) is 1.98. The van der Waals surface area contributed by atoms with E-state index in [9.17, 15) is 13.2 Å². The molecule has 1 rings (SSSR count). The Morgan fingerprint density at radius 1 is 1.50 bits per heavy atom. The number of hydrogen-bond acceptors (Lipinski definition) is 4. The molecule has 0 fully saturated rings. The van der Waals surface area contributed by atoms with E-state index in [2.05, 4.69) is 4.72 Å². The van der Waals surface area contributed by atoms with Gasteiger partial charge in [-0.15, -0.1) is 11.3 Å². The largest absolute Gasteiger partial charge is 0.481 e. The summed E-state index contributed by atoms with van der Waals surface area (Å²) in [5, 5.41) is 10.4. The molecule has 0 saturated heterocycles. The molecule has 1 aromatic rings. The van der Waals surface area contributed by atoms with Crippen LogP contribution >= 0.6 is 11.3 Å². The quantitative estimate of drug-likeness (QED) is 0.762. The van der Waals surface area contributed by atoms with Crippen molar-refractivity contribution in [3.63, 3.8) is 0 Å². The minimum absolute atomic E-state index is 0.125. The summed E-state index contributed by atoms with van der Waals surface area (Å²) in [5.74, 6) is -1.12. The van der Waals surface area contributed by atoms with Crippen LogP contribution in [0.1, 0.15) is 30.2 Å². The van der Waals surface area contributed by atoms with E-state index in [0.29, 0.717) is 0 Å². The summed E-state index contributed by atoms with van der Waals surface area (Å²) in [5.41, 5.74) is 1.15. The third kappa shape index (κ3) is 5.16. The second-order valence-electron chi connectivity index (χ2n) is 3.86. The SMILES string of the molecule is CCc1ccsc1CNS(=O)(=O)CCCC(=O)O. The number of sulfonamides is 1. The molecule has 0 aliphatic rings. The minimum atomic E-state index is -3.38. The first kappa shape index (κ1) is 15.1. The van der Waals surface area contributed by atoms with Gasteiger partial charge in [-0.05, 0) is 29.9 Å². The van der Waals surface area contributed by atoms with Crippen molar-refractivity contribution in [2.75, 3.05) is 5.75 Å². The first-order chi connectivity index (χ1) is 8.44. The van der Waals surface area contributed by atoms with Crippen LogP contribution in [0.15, 0.2) is 11.4 Å². The van der Waals surface area contributed by atoms with Gasteiger partial charge in [0.05, 0.1) is 5.75 Å². The van der Waals surface area contributed by atoms with Gasteiger partial charge in [-0.1, -0.05) is 6.92 Å². The average molecular weight is 291 g/mol. The zero-order chi connectivity index (χ0) is 13.6. The van der Waals surface area contributed by atoms with Crippen LogP contribution in [0.3, 0.4) is 0 Å². The van der Waals surface area contributed by atoms with Gasteiger partial charge in [0.1, 0.15) is 0 Å². The van der Waals surface area contributed by atoms with Gasteiger partial charge in [0.2, 0.25) is 10.0 Å². The van der Waals surface area contributed by atoms with Gasteiger partial charge < -0.3 is 5.11 Å². The molecule has 0 bridgehead atoms. The molecule has 7 heteroatoms. The molecule has 0 saturated carbocycles. The Morgan fingerprint density at radius 3 is 2.83 bits per heavy atom. The van der Waals surface area contributed by atoms with E-state index in [1.165, 1.54) is 11.3 Å². The molecule has 0 atom stereocenters. The maximum absolute atomic E-state index is 11.6. The molecular formula is C11H17NO4S2. The Labute approximate surface area is 111 Å². The fraction of sp³-hybridized carbons (Fsp3) is 0.545. The highest BCUT2D eigenvalue weighted by Crippen LogP contribution is 2.17. The maximum Gasteiger partial charge on any atom is 0.303 e. The van der Waals surface area contributed by atoms with Crippen LogP contribution in [0.4, 0.5) is 0 Å². The molecule has 5 nitrogen and oxygen atoms in total. The molecule has 0 aliphatic heterocycles. The van der Waals surface area contributed by atoms with Gasteiger partial charge in [0, 0.05) is 17.8 Å². The van der Waals surface area contributed by atoms with Crippen LogP contribution < -0.4 is 4.72 Å². The number of nitrogens with one attached hydrogen (secondary N) is 1. The highest BCUT2D eigenvalue weighted by Gasteiger charge is 2.12. The van der Waals surface area contributed by atoms with Crippen molar-refractivity contribution in [3.05, 3.63) is 21.9 Å². The van der Waals surface area contributed by atoms with E-state index < -0.39 is 16.0 Å². The van der Waals surface area contributed by atoms with Crippen molar-refractivity contribution in [2.45, 2.75) is 32.7 Å². The molecular weight excluding hydrogens is 274 g/mol. The number of aryl methyl sites for hydroxylation is 1. The summed E-state index contributed by atoms with van der Waals surface area (Å²) in [4.78, 5) is 11.3. The fourth-order valence-corrected chi connectivity index (χ4v) is 3.54. The number of rotatable bonds is 8. The van der Waals surface area contributed by atoms with Crippen LogP contribution in [0.5, 0.6) is 0 Å². The lowest BCUT2D eigenvalue weighted by Gasteiger charge is -2.06. The van der Waals surface area contributed by atoms with Crippen molar-refractivity contribution in [3.8, 4) is 0 Å². The molecule has 18 heavy (non-hydrogen) atoms. The lowest BCUT2D eigenvalue weighted by Crippen LogP contribution is -2.26. The Balaban J connectivity index is 2.44. The van der Waals surface area contributed by atoms with Crippen LogP contribution in [0.2, 0.25) is 0 Å². The summed E-state index contributed by atoms with van der Waals surface area (Å²) < 4.78 is 25.7. The summed E-state index contributed by atoms with van der Waals surface area (Å²) in [6.07, 6.45) is 0.884. The van der Waals surface area contributed by atoms with Gasteiger partial charge in [0.25, 0.3) is 0 Å².